The number of amides is 1. The molecule has 0 aromatic heterocycles. The highest BCUT2D eigenvalue weighted by Crippen LogP contribution is 2.09. The number of benzene rings is 1. The molecule has 0 heterocycles. The summed E-state index contributed by atoms with van der Waals surface area (Å²) < 4.78 is 5.41. The summed E-state index contributed by atoms with van der Waals surface area (Å²) in [6.07, 6.45) is 2.16. The van der Waals surface area contributed by atoms with E-state index in [2.05, 4.69) is 24.1 Å². The van der Waals surface area contributed by atoms with Gasteiger partial charge in [0.05, 0.1) is 13.2 Å². The van der Waals surface area contributed by atoms with Gasteiger partial charge in [-0.1, -0.05) is 25.2 Å². The smallest absolute Gasteiger partial charge is 0.251 e. The molecule has 1 aromatic rings. The highest BCUT2D eigenvalue weighted by atomic mass is 16.5. The van der Waals surface area contributed by atoms with Gasteiger partial charge < -0.3 is 15.8 Å². The third-order valence-corrected chi connectivity index (χ3v) is 2.85. The zero-order chi connectivity index (χ0) is 15.5. The summed E-state index contributed by atoms with van der Waals surface area (Å²) in [5, 5.41) is 2.85. The van der Waals surface area contributed by atoms with Gasteiger partial charge in [0, 0.05) is 24.3 Å². The Balaban J connectivity index is 2.51. The zero-order valence-electron chi connectivity index (χ0n) is 12.9. The molecule has 4 heteroatoms. The number of ether oxygens (including phenoxy) is 1. The van der Waals surface area contributed by atoms with Gasteiger partial charge in [0.25, 0.3) is 5.91 Å². The molecule has 0 saturated heterocycles. The predicted molar refractivity (Wildman–Crippen MR) is 85.2 cm³/mol. The van der Waals surface area contributed by atoms with Gasteiger partial charge in [0.15, 0.2) is 0 Å². The molecule has 114 valence electrons. The first-order valence-corrected chi connectivity index (χ1v) is 7.34. The second-order valence-corrected chi connectivity index (χ2v) is 4.82. The minimum Gasteiger partial charge on any atom is -0.380 e. The Morgan fingerprint density at radius 2 is 2.14 bits per heavy atom. The molecule has 21 heavy (non-hydrogen) atoms. The molecule has 1 rings (SSSR count). The maximum atomic E-state index is 12.1. The van der Waals surface area contributed by atoms with E-state index in [1.54, 1.807) is 6.07 Å². The average Bonchev–Trinajstić information content (AvgIpc) is 2.48. The first-order chi connectivity index (χ1) is 10.2. The average molecular weight is 288 g/mol. The van der Waals surface area contributed by atoms with Crippen LogP contribution in [0.4, 0.5) is 0 Å². The lowest BCUT2D eigenvalue weighted by molar-refractivity contribution is 0.0912. The fourth-order valence-electron chi connectivity index (χ4n) is 1.83. The maximum absolute atomic E-state index is 12.1. The van der Waals surface area contributed by atoms with E-state index >= 15 is 0 Å². The molecular weight excluding hydrogens is 264 g/mol. The molecule has 0 unspecified atom stereocenters. The van der Waals surface area contributed by atoms with E-state index in [1.807, 2.05) is 19.1 Å². The SMILES string of the molecule is CCCCOCCNC(=O)c1cc(C)cc(C#CCN)c1. The molecule has 0 fully saturated rings. The maximum Gasteiger partial charge on any atom is 0.251 e. The quantitative estimate of drug-likeness (QED) is 0.594. The predicted octanol–water partition coefficient (Wildman–Crippen LogP) is 1.85. The Kier molecular flexibility index (Phi) is 8.18. The number of carbonyl (C=O) groups is 1. The summed E-state index contributed by atoms with van der Waals surface area (Å²) in [4.78, 5) is 12.1. The van der Waals surface area contributed by atoms with Gasteiger partial charge in [-0.2, -0.15) is 0 Å². The molecule has 0 aliphatic carbocycles. The first kappa shape index (κ1) is 17.2. The Labute approximate surface area is 127 Å². The number of rotatable bonds is 7. The van der Waals surface area contributed by atoms with Crippen molar-refractivity contribution in [1.29, 1.82) is 0 Å². The van der Waals surface area contributed by atoms with Crippen molar-refractivity contribution in [2.45, 2.75) is 26.7 Å². The summed E-state index contributed by atoms with van der Waals surface area (Å²) in [6.45, 7) is 6.17. The summed E-state index contributed by atoms with van der Waals surface area (Å²) in [7, 11) is 0. The van der Waals surface area contributed by atoms with Crippen molar-refractivity contribution in [2.75, 3.05) is 26.3 Å². The lowest BCUT2D eigenvalue weighted by Crippen LogP contribution is -2.27. The normalized spacial score (nSPS) is 9.86. The van der Waals surface area contributed by atoms with Gasteiger partial charge in [0.2, 0.25) is 0 Å². The Morgan fingerprint density at radius 3 is 2.86 bits per heavy atom. The number of unbranched alkanes of at least 4 members (excludes halogenated alkanes) is 1. The summed E-state index contributed by atoms with van der Waals surface area (Å²) >= 11 is 0. The Hall–Kier alpha value is -1.83. The van der Waals surface area contributed by atoms with E-state index in [4.69, 9.17) is 10.5 Å². The molecule has 3 N–H and O–H groups in total. The van der Waals surface area contributed by atoms with Crippen molar-refractivity contribution in [3.8, 4) is 11.8 Å². The number of hydrogen-bond donors (Lipinski definition) is 2. The molecule has 0 atom stereocenters. The second-order valence-electron chi connectivity index (χ2n) is 4.82. The van der Waals surface area contributed by atoms with Gasteiger partial charge >= 0.3 is 0 Å². The van der Waals surface area contributed by atoms with Gasteiger partial charge in [-0.05, 0) is 37.1 Å². The fourth-order valence-corrected chi connectivity index (χ4v) is 1.83. The number of hydrogen-bond acceptors (Lipinski definition) is 3. The molecule has 1 amide bonds. The van der Waals surface area contributed by atoms with Crippen LogP contribution in [0.2, 0.25) is 0 Å². The minimum atomic E-state index is -0.103. The number of carbonyl (C=O) groups excluding carboxylic acids is 1. The third kappa shape index (κ3) is 6.94. The van der Waals surface area contributed by atoms with Gasteiger partial charge in [-0.3, -0.25) is 4.79 Å². The van der Waals surface area contributed by atoms with Gasteiger partial charge in [-0.15, -0.1) is 0 Å². The van der Waals surface area contributed by atoms with E-state index < -0.39 is 0 Å². The van der Waals surface area contributed by atoms with E-state index in [-0.39, 0.29) is 5.91 Å². The van der Waals surface area contributed by atoms with Gasteiger partial charge in [-0.25, -0.2) is 0 Å². The number of nitrogens with two attached hydrogens (primary N) is 1. The molecule has 0 aliphatic heterocycles. The van der Waals surface area contributed by atoms with E-state index in [9.17, 15) is 4.79 Å². The highest BCUT2D eigenvalue weighted by molar-refractivity contribution is 5.94. The monoisotopic (exact) mass is 288 g/mol. The largest absolute Gasteiger partial charge is 0.380 e. The molecule has 0 saturated carbocycles. The van der Waals surface area contributed by atoms with Crippen LogP contribution < -0.4 is 11.1 Å². The van der Waals surface area contributed by atoms with Crippen LogP contribution in [0, 0.1) is 18.8 Å². The minimum absolute atomic E-state index is 0.103. The molecule has 1 aromatic carbocycles. The van der Waals surface area contributed by atoms with Crippen molar-refractivity contribution >= 4 is 5.91 Å². The van der Waals surface area contributed by atoms with E-state index in [0.717, 1.165) is 30.6 Å². The van der Waals surface area contributed by atoms with Crippen LogP contribution in [-0.4, -0.2) is 32.2 Å². The molecule has 0 bridgehead atoms. The summed E-state index contributed by atoms with van der Waals surface area (Å²) in [5.41, 5.74) is 7.79. The first-order valence-electron chi connectivity index (χ1n) is 7.34. The molecule has 4 nitrogen and oxygen atoms in total. The standard InChI is InChI=1S/C17H24N2O2/c1-3-4-9-21-10-8-19-17(20)16-12-14(2)11-15(13-16)6-5-7-18/h11-13H,3-4,7-10,18H2,1-2H3,(H,19,20). The van der Waals surface area contributed by atoms with Crippen molar-refractivity contribution in [2.24, 2.45) is 5.73 Å². The number of nitrogens with one attached hydrogen (secondary N) is 1. The third-order valence-electron chi connectivity index (χ3n) is 2.85. The van der Waals surface area contributed by atoms with Crippen LogP contribution >= 0.6 is 0 Å². The summed E-state index contributed by atoms with van der Waals surface area (Å²) in [5.74, 6) is 5.64. The fraction of sp³-hybridized carbons (Fsp3) is 0.471. The lowest BCUT2D eigenvalue weighted by atomic mass is 10.1. The van der Waals surface area contributed by atoms with Crippen LogP contribution in [0.15, 0.2) is 18.2 Å². The topological polar surface area (TPSA) is 64.3 Å². The van der Waals surface area contributed by atoms with Crippen molar-refractivity contribution in [3.05, 3.63) is 34.9 Å². The van der Waals surface area contributed by atoms with Crippen LogP contribution in [-0.2, 0) is 4.74 Å². The van der Waals surface area contributed by atoms with Crippen LogP contribution in [0.3, 0.4) is 0 Å². The summed E-state index contributed by atoms with van der Waals surface area (Å²) in [6, 6.07) is 5.57. The van der Waals surface area contributed by atoms with E-state index in [0.29, 0.717) is 25.3 Å². The molecule has 0 radical (unpaired) electrons. The van der Waals surface area contributed by atoms with Crippen molar-refractivity contribution in [3.63, 3.8) is 0 Å². The van der Waals surface area contributed by atoms with E-state index in [1.165, 1.54) is 0 Å². The highest BCUT2D eigenvalue weighted by Gasteiger charge is 2.06. The molecular formula is C17H24N2O2. The number of aryl methyl sites for hydroxylation is 1. The van der Waals surface area contributed by atoms with Gasteiger partial charge in [0.1, 0.15) is 0 Å². The van der Waals surface area contributed by atoms with Crippen LogP contribution in [0.5, 0.6) is 0 Å². The van der Waals surface area contributed by atoms with Crippen LogP contribution in [0.25, 0.3) is 0 Å². The molecule has 0 aliphatic rings. The Morgan fingerprint density at radius 1 is 1.33 bits per heavy atom. The van der Waals surface area contributed by atoms with Crippen molar-refractivity contribution < 1.29 is 9.53 Å². The van der Waals surface area contributed by atoms with Crippen LogP contribution in [0.1, 0.15) is 41.3 Å². The Bertz CT molecular complexity index is 515. The zero-order valence-corrected chi connectivity index (χ0v) is 12.9. The molecule has 0 spiro atoms. The lowest BCUT2D eigenvalue weighted by Gasteiger charge is -2.07. The second kappa shape index (κ2) is 9.98. The van der Waals surface area contributed by atoms with Crippen molar-refractivity contribution in [1.82, 2.24) is 5.32 Å².